The first-order valence-corrected chi connectivity index (χ1v) is 8.44. The molecule has 0 amide bonds. The Kier molecular flexibility index (Phi) is 4.76. The van der Waals surface area contributed by atoms with Gasteiger partial charge in [0.05, 0.1) is 10.5 Å². The number of rotatable bonds is 3. The number of benzene rings is 2. The lowest BCUT2D eigenvalue weighted by Crippen LogP contribution is -2.04. The second kappa shape index (κ2) is 6.63. The van der Waals surface area contributed by atoms with Gasteiger partial charge in [-0.2, -0.15) is 0 Å². The Morgan fingerprint density at radius 2 is 1.91 bits per heavy atom. The summed E-state index contributed by atoms with van der Waals surface area (Å²) in [5.74, 6) is -0.497. The van der Waals surface area contributed by atoms with Gasteiger partial charge in [0.15, 0.2) is 0 Å². The third kappa shape index (κ3) is 3.30. The van der Waals surface area contributed by atoms with Crippen LogP contribution in [0.2, 0.25) is 10.0 Å². The van der Waals surface area contributed by atoms with E-state index in [4.69, 9.17) is 23.2 Å². The van der Waals surface area contributed by atoms with Crippen LogP contribution in [-0.4, -0.2) is 4.98 Å². The van der Waals surface area contributed by atoms with Crippen molar-refractivity contribution in [3.63, 3.8) is 0 Å². The van der Waals surface area contributed by atoms with E-state index in [1.807, 2.05) is 31.2 Å². The van der Waals surface area contributed by atoms with Crippen LogP contribution in [0.4, 0.5) is 10.1 Å². The van der Waals surface area contributed by atoms with Crippen LogP contribution >= 0.6 is 39.1 Å². The van der Waals surface area contributed by atoms with Crippen molar-refractivity contribution in [1.82, 2.24) is 4.98 Å². The van der Waals surface area contributed by atoms with Gasteiger partial charge in [-0.05, 0) is 47.1 Å². The van der Waals surface area contributed by atoms with Crippen molar-refractivity contribution in [2.24, 2.45) is 0 Å². The molecule has 0 bridgehead atoms. The zero-order chi connectivity index (χ0) is 16.6. The van der Waals surface area contributed by atoms with Crippen molar-refractivity contribution in [2.75, 3.05) is 5.32 Å². The lowest BCUT2D eigenvalue weighted by molar-refractivity contribution is 0.613. The zero-order valence-electron chi connectivity index (χ0n) is 12.1. The minimum absolute atomic E-state index is 0.0599. The minimum atomic E-state index is -0.497. The quantitative estimate of drug-likeness (QED) is 0.505. The normalized spacial score (nSPS) is 11.0. The third-order valence-electron chi connectivity index (χ3n) is 3.51. The van der Waals surface area contributed by atoms with Crippen LogP contribution < -0.4 is 5.32 Å². The second-order valence-corrected chi connectivity index (χ2v) is 6.79. The standard InChI is InChI=1S/C17H12BrCl2FN2/c1-9-7-15(10-3-2-4-12(18)17(10)23-9)22-8-11-13(19)5-6-14(20)16(11)21/h2-7H,8H2,1H3,(H,22,23). The van der Waals surface area contributed by atoms with Gasteiger partial charge in [0, 0.05) is 38.4 Å². The Labute approximate surface area is 151 Å². The van der Waals surface area contributed by atoms with Gasteiger partial charge >= 0.3 is 0 Å². The summed E-state index contributed by atoms with van der Waals surface area (Å²) in [7, 11) is 0. The summed E-state index contributed by atoms with van der Waals surface area (Å²) in [5.41, 5.74) is 2.93. The number of para-hydroxylation sites is 1. The molecule has 6 heteroatoms. The maximum absolute atomic E-state index is 14.1. The second-order valence-electron chi connectivity index (χ2n) is 5.12. The van der Waals surface area contributed by atoms with E-state index in [1.165, 1.54) is 6.07 Å². The van der Waals surface area contributed by atoms with Gasteiger partial charge in [-0.15, -0.1) is 0 Å². The number of anilines is 1. The van der Waals surface area contributed by atoms with Crippen LogP contribution in [0.5, 0.6) is 0 Å². The van der Waals surface area contributed by atoms with E-state index in [0.29, 0.717) is 10.6 Å². The van der Waals surface area contributed by atoms with Crippen LogP contribution in [0, 0.1) is 12.7 Å². The summed E-state index contributed by atoms with van der Waals surface area (Å²) < 4.78 is 15.1. The van der Waals surface area contributed by atoms with Crippen LogP contribution in [0.25, 0.3) is 10.9 Å². The summed E-state index contributed by atoms with van der Waals surface area (Å²) in [6.45, 7) is 2.15. The number of aryl methyl sites for hydroxylation is 1. The molecule has 1 aromatic heterocycles. The molecular formula is C17H12BrCl2FN2. The molecule has 2 aromatic carbocycles. The predicted molar refractivity (Wildman–Crippen MR) is 97.9 cm³/mol. The molecule has 0 spiro atoms. The molecule has 1 N–H and O–H groups in total. The molecule has 0 unspecified atom stereocenters. The van der Waals surface area contributed by atoms with Gasteiger partial charge in [0.1, 0.15) is 5.82 Å². The predicted octanol–water partition coefficient (Wildman–Crippen LogP) is 6.36. The number of halogens is 4. The van der Waals surface area contributed by atoms with E-state index in [1.54, 1.807) is 6.07 Å². The highest BCUT2D eigenvalue weighted by atomic mass is 79.9. The van der Waals surface area contributed by atoms with Gasteiger partial charge in [-0.1, -0.05) is 35.3 Å². The molecule has 0 fully saturated rings. The van der Waals surface area contributed by atoms with Crippen molar-refractivity contribution in [3.8, 4) is 0 Å². The van der Waals surface area contributed by atoms with Crippen molar-refractivity contribution in [3.05, 3.63) is 68.0 Å². The highest BCUT2D eigenvalue weighted by Crippen LogP contribution is 2.30. The summed E-state index contributed by atoms with van der Waals surface area (Å²) in [6.07, 6.45) is 0. The smallest absolute Gasteiger partial charge is 0.148 e. The highest BCUT2D eigenvalue weighted by Gasteiger charge is 2.12. The van der Waals surface area contributed by atoms with Gasteiger partial charge in [-0.25, -0.2) is 4.39 Å². The summed E-state index contributed by atoms with van der Waals surface area (Å²) in [6, 6.07) is 10.8. The van der Waals surface area contributed by atoms with Crippen LogP contribution in [0.1, 0.15) is 11.3 Å². The van der Waals surface area contributed by atoms with Gasteiger partial charge in [-0.3, -0.25) is 4.98 Å². The number of hydrogen-bond acceptors (Lipinski definition) is 2. The van der Waals surface area contributed by atoms with Crippen molar-refractivity contribution in [2.45, 2.75) is 13.5 Å². The van der Waals surface area contributed by atoms with Crippen LogP contribution in [0.3, 0.4) is 0 Å². The molecule has 0 aliphatic rings. The SMILES string of the molecule is Cc1cc(NCc2c(Cl)ccc(Cl)c2F)c2cccc(Br)c2n1. The fourth-order valence-corrected chi connectivity index (χ4v) is 3.25. The number of pyridine rings is 1. The molecule has 0 radical (unpaired) electrons. The lowest BCUT2D eigenvalue weighted by atomic mass is 10.1. The molecule has 0 aliphatic carbocycles. The Bertz CT molecular complexity index is 899. The van der Waals surface area contributed by atoms with Crippen molar-refractivity contribution in [1.29, 1.82) is 0 Å². The van der Waals surface area contributed by atoms with Crippen molar-refractivity contribution >= 4 is 55.7 Å². The van der Waals surface area contributed by atoms with Crippen molar-refractivity contribution < 1.29 is 4.39 Å². The Morgan fingerprint density at radius 3 is 2.70 bits per heavy atom. The van der Waals surface area contributed by atoms with E-state index >= 15 is 0 Å². The third-order valence-corrected chi connectivity index (χ3v) is 4.80. The molecule has 0 atom stereocenters. The lowest BCUT2D eigenvalue weighted by Gasteiger charge is -2.13. The zero-order valence-corrected chi connectivity index (χ0v) is 15.2. The first-order valence-electron chi connectivity index (χ1n) is 6.89. The number of nitrogens with zero attached hydrogens (tertiary/aromatic N) is 1. The minimum Gasteiger partial charge on any atom is -0.380 e. The van der Waals surface area contributed by atoms with Gasteiger partial charge < -0.3 is 5.32 Å². The Hall–Kier alpha value is -1.36. The van der Waals surface area contributed by atoms with E-state index in [9.17, 15) is 4.39 Å². The van der Waals surface area contributed by atoms with E-state index in [0.717, 1.165) is 26.8 Å². The number of aromatic nitrogens is 1. The van der Waals surface area contributed by atoms with E-state index in [-0.39, 0.29) is 11.6 Å². The molecule has 0 saturated heterocycles. The Balaban J connectivity index is 2.00. The average molecular weight is 414 g/mol. The highest BCUT2D eigenvalue weighted by molar-refractivity contribution is 9.10. The molecule has 0 saturated carbocycles. The topological polar surface area (TPSA) is 24.9 Å². The average Bonchev–Trinajstić information content (AvgIpc) is 2.52. The fourth-order valence-electron chi connectivity index (χ4n) is 2.40. The molecule has 0 aliphatic heterocycles. The summed E-state index contributed by atoms with van der Waals surface area (Å²) in [5, 5.41) is 4.59. The molecule has 3 rings (SSSR count). The fraction of sp³-hybridized carbons (Fsp3) is 0.118. The number of fused-ring (bicyclic) bond motifs is 1. The molecular weight excluding hydrogens is 402 g/mol. The monoisotopic (exact) mass is 412 g/mol. The molecule has 3 aromatic rings. The number of nitrogens with one attached hydrogen (secondary N) is 1. The Morgan fingerprint density at radius 1 is 1.17 bits per heavy atom. The largest absolute Gasteiger partial charge is 0.380 e. The van der Waals surface area contributed by atoms with Gasteiger partial charge in [0.2, 0.25) is 0 Å². The molecule has 1 heterocycles. The van der Waals surface area contributed by atoms with Gasteiger partial charge in [0.25, 0.3) is 0 Å². The number of hydrogen-bond donors (Lipinski definition) is 1. The van der Waals surface area contributed by atoms with Crippen LogP contribution in [-0.2, 0) is 6.54 Å². The summed E-state index contributed by atoms with van der Waals surface area (Å²) in [4.78, 5) is 4.53. The molecule has 118 valence electrons. The van der Waals surface area contributed by atoms with E-state index in [2.05, 4.69) is 26.2 Å². The first-order chi connectivity index (χ1) is 11.0. The first kappa shape index (κ1) is 16.5. The molecule has 2 nitrogen and oxygen atoms in total. The maximum atomic E-state index is 14.1. The summed E-state index contributed by atoms with van der Waals surface area (Å²) >= 11 is 15.4. The van der Waals surface area contributed by atoms with Crippen LogP contribution in [0.15, 0.2) is 40.9 Å². The maximum Gasteiger partial charge on any atom is 0.148 e. The molecule has 23 heavy (non-hydrogen) atoms. The van der Waals surface area contributed by atoms with E-state index < -0.39 is 5.82 Å².